The number of benzene rings is 2. The van der Waals surface area contributed by atoms with E-state index in [1.165, 1.54) is 12.1 Å². The van der Waals surface area contributed by atoms with Crippen LogP contribution in [0.4, 0.5) is 20.2 Å². The summed E-state index contributed by atoms with van der Waals surface area (Å²) in [5.74, 6) is -1.90. The molecule has 1 saturated heterocycles. The number of hydrogen-bond acceptors (Lipinski definition) is 5. The van der Waals surface area contributed by atoms with Crippen LogP contribution in [0.25, 0.3) is 0 Å². The minimum Gasteiger partial charge on any atom is -0.362 e. The molecule has 0 N–H and O–H groups in total. The quantitative estimate of drug-likeness (QED) is 0.410. The van der Waals surface area contributed by atoms with Gasteiger partial charge in [0, 0.05) is 42.2 Å². The number of nitrogens with zero attached hydrogens (tertiary/aromatic N) is 3. The Labute approximate surface area is 169 Å². The first-order chi connectivity index (χ1) is 13.3. The zero-order valence-electron chi connectivity index (χ0n) is 14.6. The normalized spacial score (nSPS) is 14.2. The maximum absolute atomic E-state index is 13.2. The van der Waals surface area contributed by atoms with Gasteiger partial charge in [0.1, 0.15) is 5.69 Å². The van der Waals surface area contributed by atoms with Crippen LogP contribution in [0.1, 0.15) is 0 Å². The summed E-state index contributed by atoms with van der Waals surface area (Å²) < 4.78 is 26.2. The van der Waals surface area contributed by atoms with Crippen molar-refractivity contribution in [2.24, 2.45) is 0 Å². The number of carbonyl (C=O) groups excluding carboxylic acids is 1. The van der Waals surface area contributed by atoms with Gasteiger partial charge >= 0.3 is 0 Å². The van der Waals surface area contributed by atoms with Gasteiger partial charge in [-0.3, -0.25) is 14.9 Å². The van der Waals surface area contributed by atoms with Crippen LogP contribution in [-0.4, -0.2) is 47.7 Å². The van der Waals surface area contributed by atoms with Gasteiger partial charge in [0.05, 0.1) is 10.7 Å². The van der Waals surface area contributed by atoms with Gasteiger partial charge in [0.25, 0.3) is 5.69 Å². The van der Waals surface area contributed by atoms with E-state index in [1.807, 2.05) is 4.90 Å². The number of nitro groups is 1. The highest BCUT2D eigenvalue weighted by Gasteiger charge is 2.26. The van der Waals surface area contributed by atoms with Gasteiger partial charge in [-0.1, -0.05) is 11.6 Å². The van der Waals surface area contributed by atoms with E-state index in [2.05, 4.69) is 0 Å². The van der Waals surface area contributed by atoms with Crippen LogP contribution in [0.2, 0.25) is 5.02 Å². The molecule has 1 heterocycles. The second kappa shape index (κ2) is 8.74. The highest BCUT2D eigenvalue weighted by atomic mass is 35.5. The van der Waals surface area contributed by atoms with E-state index < -0.39 is 16.6 Å². The Morgan fingerprint density at radius 1 is 1.11 bits per heavy atom. The second-order valence-electron chi connectivity index (χ2n) is 6.12. The van der Waals surface area contributed by atoms with Crippen LogP contribution in [0.5, 0.6) is 0 Å². The van der Waals surface area contributed by atoms with Gasteiger partial charge in [-0.15, -0.1) is 11.8 Å². The molecule has 2 aromatic rings. The van der Waals surface area contributed by atoms with Crippen molar-refractivity contribution in [3.05, 3.63) is 63.2 Å². The van der Waals surface area contributed by atoms with E-state index >= 15 is 0 Å². The molecular formula is C18H16ClF2N3O3S. The predicted molar refractivity (Wildman–Crippen MR) is 104 cm³/mol. The number of anilines is 1. The maximum atomic E-state index is 13.2. The summed E-state index contributed by atoms with van der Waals surface area (Å²) in [6.07, 6.45) is 0. The van der Waals surface area contributed by atoms with Gasteiger partial charge in [0.15, 0.2) is 11.6 Å². The summed E-state index contributed by atoms with van der Waals surface area (Å²) in [6, 6.07) is 8.03. The molecule has 0 unspecified atom stereocenters. The van der Waals surface area contributed by atoms with Crippen molar-refractivity contribution in [1.29, 1.82) is 0 Å². The summed E-state index contributed by atoms with van der Waals surface area (Å²) in [5, 5.41) is 11.5. The fraction of sp³-hybridized carbons (Fsp3) is 0.278. The number of piperazine rings is 1. The van der Waals surface area contributed by atoms with Crippen molar-refractivity contribution < 1.29 is 18.5 Å². The lowest BCUT2D eigenvalue weighted by molar-refractivity contribution is -0.384. The Morgan fingerprint density at radius 3 is 2.46 bits per heavy atom. The third kappa shape index (κ3) is 4.71. The Morgan fingerprint density at radius 2 is 1.82 bits per heavy atom. The number of halogens is 3. The van der Waals surface area contributed by atoms with E-state index in [1.54, 1.807) is 17.0 Å². The van der Waals surface area contributed by atoms with Crippen molar-refractivity contribution in [3.8, 4) is 0 Å². The highest BCUT2D eigenvalue weighted by molar-refractivity contribution is 8.00. The third-order valence-corrected chi connectivity index (χ3v) is 5.57. The smallest absolute Gasteiger partial charge is 0.294 e. The lowest BCUT2D eigenvalue weighted by Gasteiger charge is -2.35. The molecule has 0 aliphatic carbocycles. The Kier molecular flexibility index (Phi) is 6.35. The molecule has 2 aromatic carbocycles. The van der Waals surface area contributed by atoms with E-state index in [4.69, 9.17) is 11.6 Å². The molecule has 1 aliphatic heterocycles. The first-order valence-electron chi connectivity index (χ1n) is 8.39. The van der Waals surface area contributed by atoms with E-state index in [-0.39, 0.29) is 17.3 Å². The van der Waals surface area contributed by atoms with Crippen LogP contribution in [-0.2, 0) is 4.79 Å². The lowest BCUT2D eigenvalue weighted by Crippen LogP contribution is -2.49. The molecule has 0 saturated carbocycles. The number of rotatable bonds is 5. The number of amides is 1. The molecule has 1 amide bonds. The monoisotopic (exact) mass is 427 g/mol. The molecule has 28 heavy (non-hydrogen) atoms. The number of hydrogen-bond donors (Lipinski definition) is 0. The molecule has 6 nitrogen and oxygen atoms in total. The number of carbonyl (C=O) groups is 1. The van der Waals surface area contributed by atoms with Crippen LogP contribution in [0.3, 0.4) is 0 Å². The number of nitro benzene ring substituents is 1. The van der Waals surface area contributed by atoms with E-state index in [9.17, 15) is 23.7 Å². The predicted octanol–water partition coefficient (Wildman–Crippen LogP) is 3.97. The second-order valence-corrected chi connectivity index (χ2v) is 7.61. The molecule has 0 bridgehead atoms. The Balaban J connectivity index is 1.57. The average Bonchev–Trinajstić information content (AvgIpc) is 2.68. The highest BCUT2D eigenvalue weighted by Crippen LogP contribution is 2.31. The van der Waals surface area contributed by atoms with Gasteiger partial charge in [-0.05, 0) is 30.3 Å². The Hall–Kier alpha value is -2.39. The fourth-order valence-corrected chi connectivity index (χ4v) is 3.90. The zero-order valence-corrected chi connectivity index (χ0v) is 16.2. The van der Waals surface area contributed by atoms with E-state index in [0.29, 0.717) is 41.8 Å². The van der Waals surface area contributed by atoms with Crippen LogP contribution in [0.15, 0.2) is 41.3 Å². The first-order valence-corrected chi connectivity index (χ1v) is 9.76. The summed E-state index contributed by atoms with van der Waals surface area (Å²) in [6.45, 7) is 1.72. The topological polar surface area (TPSA) is 66.7 Å². The lowest BCUT2D eigenvalue weighted by atomic mass is 10.2. The van der Waals surface area contributed by atoms with Gasteiger partial charge < -0.3 is 9.80 Å². The van der Waals surface area contributed by atoms with Gasteiger partial charge in [-0.25, -0.2) is 8.78 Å². The summed E-state index contributed by atoms with van der Waals surface area (Å²) in [4.78, 5) is 27.1. The van der Waals surface area contributed by atoms with Crippen molar-refractivity contribution >= 4 is 40.6 Å². The molecule has 0 spiro atoms. The van der Waals surface area contributed by atoms with Crippen molar-refractivity contribution in [3.63, 3.8) is 0 Å². The van der Waals surface area contributed by atoms with Crippen LogP contribution in [0, 0.1) is 21.7 Å². The van der Waals surface area contributed by atoms with Crippen LogP contribution >= 0.6 is 23.4 Å². The molecule has 1 fully saturated rings. The largest absolute Gasteiger partial charge is 0.362 e. The molecule has 1 aliphatic rings. The SMILES string of the molecule is O=C(CSc1ccc(F)c(F)c1)N1CCN(c2ccc(Cl)cc2[N+](=O)[O-])CC1. The molecule has 148 valence electrons. The molecule has 0 atom stereocenters. The van der Waals surface area contributed by atoms with Gasteiger partial charge in [0.2, 0.25) is 5.91 Å². The summed E-state index contributed by atoms with van der Waals surface area (Å²) in [7, 11) is 0. The fourth-order valence-electron chi connectivity index (χ4n) is 2.91. The Bertz CT molecular complexity index is 908. The minimum absolute atomic E-state index is 0.0684. The van der Waals surface area contributed by atoms with Gasteiger partial charge in [-0.2, -0.15) is 0 Å². The van der Waals surface area contributed by atoms with Crippen molar-refractivity contribution in [2.45, 2.75) is 4.90 Å². The van der Waals surface area contributed by atoms with Crippen molar-refractivity contribution in [1.82, 2.24) is 4.90 Å². The molecule has 0 radical (unpaired) electrons. The minimum atomic E-state index is -0.948. The standard InChI is InChI=1S/C18H16ClF2N3O3S/c19-12-1-4-16(17(9-12)24(26)27)22-5-7-23(8-6-22)18(25)11-28-13-2-3-14(20)15(21)10-13/h1-4,9-10H,5-8,11H2. The first kappa shape index (κ1) is 20.3. The van der Waals surface area contributed by atoms with Crippen molar-refractivity contribution in [2.75, 3.05) is 36.8 Å². The summed E-state index contributed by atoms with van der Waals surface area (Å²) >= 11 is 6.98. The molecule has 10 heteroatoms. The molecule has 0 aromatic heterocycles. The van der Waals surface area contributed by atoms with Crippen LogP contribution < -0.4 is 4.90 Å². The molecular weight excluding hydrogens is 412 g/mol. The zero-order chi connectivity index (χ0) is 20.3. The molecule has 3 rings (SSSR count). The third-order valence-electron chi connectivity index (χ3n) is 4.36. The maximum Gasteiger partial charge on any atom is 0.294 e. The number of thioether (sulfide) groups is 1. The van der Waals surface area contributed by atoms with E-state index in [0.717, 1.165) is 23.9 Å². The summed E-state index contributed by atoms with van der Waals surface area (Å²) in [5.41, 5.74) is 0.402. The average molecular weight is 428 g/mol.